The van der Waals surface area contributed by atoms with Crippen molar-refractivity contribution in [1.82, 2.24) is 4.90 Å². The molecule has 2 aromatic carbocycles. The lowest BCUT2D eigenvalue weighted by molar-refractivity contribution is -0.146. The summed E-state index contributed by atoms with van der Waals surface area (Å²) in [5.41, 5.74) is 0.308. The Kier molecular flexibility index (Phi) is 5.42. The first kappa shape index (κ1) is 18.2. The van der Waals surface area contributed by atoms with Crippen LogP contribution in [0.3, 0.4) is 0 Å². The van der Waals surface area contributed by atoms with E-state index < -0.39 is 5.97 Å². The van der Waals surface area contributed by atoms with Gasteiger partial charge in [0.2, 0.25) is 0 Å². The maximum atomic E-state index is 12.5. The number of benzene rings is 2. The Morgan fingerprint density at radius 2 is 1.73 bits per heavy atom. The van der Waals surface area contributed by atoms with Crippen molar-refractivity contribution in [3.63, 3.8) is 0 Å². The molecule has 6 nitrogen and oxygen atoms in total. The standard InChI is InChI=1S/C20H23NO5/c1-13-10-21(11-14(2)26-13)19(22)12-25-20(23)17-8-15-6-4-5-7-16(15)9-18(17)24-3/h4-9,13-14H,10-12H2,1-3H3/t13-,14-/m0/s1. The number of methoxy groups -OCH3 is 1. The van der Waals surface area contributed by atoms with Crippen LogP contribution in [-0.2, 0) is 14.3 Å². The smallest absolute Gasteiger partial charge is 0.342 e. The van der Waals surface area contributed by atoms with Gasteiger partial charge in [-0.05, 0) is 36.8 Å². The first-order valence-corrected chi connectivity index (χ1v) is 8.65. The summed E-state index contributed by atoms with van der Waals surface area (Å²) in [6.45, 7) is 4.54. The van der Waals surface area contributed by atoms with Crippen LogP contribution in [-0.4, -0.2) is 55.8 Å². The molecule has 1 amide bonds. The van der Waals surface area contributed by atoms with Gasteiger partial charge < -0.3 is 19.1 Å². The number of rotatable bonds is 4. The maximum Gasteiger partial charge on any atom is 0.342 e. The molecule has 1 aliphatic heterocycles. The summed E-state index contributed by atoms with van der Waals surface area (Å²) in [7, 11) is 1.50. The van der Waals surface area contributed by atoms with Crippen LogP contribution in [0.4, 0.5) is 0 Å². The summed E-state index contributed by atoms with van der Waals surface area (Å²) in [6.07, 6.45) is -0.0574. The van der Waals surface area contributed by atoms with E-state index in [0.717, 1.165) is 10.8 Å². The quantitative estimate of drug-likeness (QED) is 0.787. The Labute approximate surface area is 152 Å². The Morgan fingerprint density at radius 1 is 1.12 bits per heavy atom. The van der Waals surface area contributed by atoms with Crippen LogP contribution in [0, 0.1) is 0 Å². The van der Waals surface area contributed by atoms with E-state index in [1.165, 1.54) is 7.11 Å². The highest BCUT2D eigenvalue weighted by atomic mass is 16.5. The molecule has 2 aromatic rings. The summed E-state index contributed by atoms with van der Waals surface area (Å²) in [5, 5.41) is 1.87. The number of carbonyl (C=O) groups is 2. The molecule has 1 saturated heterocycles. The van der Waals surface area contributed by atoms with Gasteiger partial charge in [0.1, 0.15) is 11.3 Å². The van der Waals surface area contributed by atoms with Gasteiger partial charge in [0.15, 0.2) is 6.61 Å². The van der Waals surface area contributed by atoms with E-state index in [-0.39, 0.29) is 24.7 Å². The summed E-state index contributed by atoms with van der Waals surface area (Å²) >= 11 is 0. The molecule has 1 heterocycles. The molecule has 0 unspecified atom stereocenters. The van der Waals surface area contributed by atoms with Gasteiger partial charge in [0.05, 0.1) is 19.3 Å². The number of carbonyl (C=O) groups excluding carboxylic acids is 2. The van der Waals surface area contributed by atoms with Crippen molar-refractivity contribution in [2.45, 2.75) is 26.1 Å². The molecule has 0 aromatic heterocycles. The highest BCUT2D eigenvalue weighted by Crippen LogP contribution is 2.26. The van der Waals surface area contributed by atoms with Gasteiger partial charge in [0.25, 0.3) is 5.91 Å². The molecule has 2 atom stereocenters. The van der Waals surface area contributed by atoms with Crippen molar-refractivity contribution in [2.75, 3.05) is 26.8 Å². The van der Waals surface area contributed by atoms with Crippen LogP contribution < -0.4 is 4.74 Å². The molecule has 138 valence electrons. The first-order chi connectivity index (χ1) is 12.5. The lowest BCUT2D eigenvalue weighted by Gasteiger charge is -2.35. The Morgan fingerprint density at radius 3 is 2.35 bits per heavy atom. The number of morpholine rings is 1. The van der Waals surface area contributed by atoms with Gasteiger partial charge in [-0.3, -0.25) is 4.79 Å². The summed E-state index contributed by atoms with van der Waals surface area (Å²) in [4.78, 5) is 26.5. The van der Waals surface area contributed by atoms with Crippen molar-refractivity contribution in [2.24, 2.45) is 0 Å². The number of fused-ring (bicyclic) bond motifs is 1. The summed E-state index contributed by atoms with van der Waals surface area (Å²) in [6, 6.07) is 11.2. The van der Waals surface area contributed by atoms with Crippen LogP contribution in [0.1, 0.15) is 24.2 Å². The van der Waals surface area contributed by atoms with Gasteiger partial charge in [-0.2, -0.15) is 0 Å². The number of hydrogen-bond acceptors (Lipinski definition) is 5. The van der Waals surface area contributed by atoms with Crippen molar-refractivity contribution in [3.8, 4) is 5.75 Å². The fraction of sp³-hybridized carbons (Fsp3) is 0.400. The highest BCUT2D eigenvalue weighted by molar-refractivity contribution is 5.99. The van der Waals surface area contributed by atoms with Crippen molar-refractivity contribution < 1.29 is 23.8 Å². The molecule has 0 radical (unpaired) electrons. The zero-order valence-electron chi connectivity index (χ0n) is 15.2. The van der Waals surface area contributed by atoms with Gasteiger partial charge in [0, 0.05) is 13.1 Å². The zero-order valence-corrected chi connectivity index (χ0v) is 15.2. The number of nitrogens with zero attached hydrogens (tertiary/aromatic N) is 1. The molecular weight excluding hydrogens is 334 g/mol. The Bertz CT molecular complexity index is 809. The minimum Gasteiger partial charge on any atom is -0.496 e. The predicted octanol–water partition coefficient (Wildman–Crippen LogP) is 2.64. The summed E-state index contributed by atoms with van der Waals surface area (Å²) in [5.74, 6) is -0.370. The van der Waals surface area contributed by atoms with E-state index in [2.05, 4.69) is 0 Å². The van der Waals surface area contributed by atoms with E-state index in [9.17, 15) is 9.59 Å². The van der Waals surface area contributed by atoms with Crippen molar-refractivity contribution in [3.05, 3.63) is 42.0 Å². The first-order valence-electron chi connectivity index (χ1n) is 8.65. The predicted molar refractivity (Wildman–Crippen MR) is 97.4 cm³/mol. The van der Waals surface area contributed by atoms with Crippen LogP contribution in [0.2, 0.25) is 0 Å². The molecule has 0 spiro atoms. The normalized spacial score (nSPS) is 20.0. The number of hydrogen-bond donors (Lipinski definition) is 0. The number of ether oxygens (including phenoxy) is 3. The van der Waals surface area contributed by atoms with Crippen molar-refractivity contribution in [1.29, 1.82) is 0 Å². The lowest BCUT2D eigenvalue weighted by atomic mass is 10.1. The van der Waals surface area contributed by atoms with E-state index in [4.69, 9.17) is 14.2 Å². The largest absolute Gasteiger partial charge is 0.496 e. The molecule has 0 saturated carbocycles. The molecule has 3 rings (SSSR count). The monoisotopic (exact) mass is 357 g/mol. The second kappa shape index (κ2) is 7.74. The molecule has 0 aliphatic carbocycles. The van der Waals surface area contributed by atoms with Crippen LogP contribution in [0.15, 0.2) is 36.4 Å². The van der Waals surface area contributed by atoms with Gasteiger partial charge in [-0.15, -0.1) is 0 Å². The van der Waals surface area contributed by atoms with E-state index in [1.807, 2.05) is 38.1 Å². The SMILES string of the molecule is COc1cc2ccccc2cc1C(=O)OCC(=O)N1C[C@H](C)O[C@@H](C)C1. The fourth-order valence-electron chi connectivity index (χ4n) is 3.23. The third-order valence-electron chi connectivity index (χ3n) is 4.39. The van der Waals surface area contributed by atoms with Gasteiger partial charge >= 0.3 is 5.97 Å². The second-order valence-electron chi connectivity index (χ2n) is 6.53. The molecular formula is C20H23NO5. The van der Waals surface area contributed by atoms with Crippen LogP contribution >= 0.6 is 0 Å². The number of amides is 1. The third-order valence-corrected chi connectivity index (χ3v) is 4.39. The topological polar surface area (TPSA) is 65.1 Å². The van der Waals surface area contributed by atoms with Gasteiger partial charge in [-0.1, -0.05) is 24.3 Å². The Hall–Kier alpha value is -2.60. The maximum absolute atomic E-state index is 12.5. The molecule has 0 N–H and O–H groups in total. The number of esters is 1. The van der Waals surface area contributed by atoms with E-state index in [1.54, 1.807) is 17.0 Å². The minimum absolute atomic E-state index is 0.0287. The Balaban J connectivity index is 1.70. The molecule has 1 fully saturated rings. The minimum atomic E-state index is -0.574. The highest BCUT2D eigenvalue weighted by Gasteiger charge is 2.27. The van der Waals surface area contributed by atoms with Gasteiger partial charge in [-0.25, -0.2) is 4.79 Å². The summed E-state index contributed by atoms with van der Waals surface area (Å²) < 4.78 is 16.2. The van der Waals surface area contributed by atoms with Crippen LogP contribution in [0.25, 0.3) is 10.8 Å². The average molecular weight is 357 g/mol. The van der Waals surface area contributed by atoms with E-state index >= 15 is 0 Å². The second-order valence-corrected chi connectivity index (χ2v) is 6.53. The zero-order chi connectivity index (χ0) is 18.7. The average Bonchev–Trinajstić information content (AvgIpc) is 2.63. The molecule has 26 heavy (non-hydrogen) atoms. The molecule has 1 aliphatic rings. The van der Waals surface area contributed by atoms with Crippen molar-refractivity contribution >= 4 is 22.6 Å². The van der Waals surface area contributed by atoms with E-state index in [0.29, 0.717) is 24.4 Å². The van der Waals surface area contributed by atoms with Crippen LogP contribution in [0.5, 0.6) is 5.75 Å². The fourth-order valence-corrected chi connectivity index (χ4v) is 3.23. The molecule has 0 bridgehead atoms. The lowest BCUT2D eigenvalue weighted by Crippen LogP contribution is -2.49. The molecule has 6 heteroatoms. The third kappa shape index (κ3) is 3.96.